The molecule has 2 amide bonds. The molecule has 0 bridgehead atoms. The molecule has 2 heterocycles. The van der Waals surface area contributed by atoms with Crippen molar-refractivity contribution in [1.82, 2.24) is 14.7 Å². The van der Waals surface area contributed by atoms with Gasteiger partial charge in [-0.15, -0.1) is 0 Å². The Balaban J connectivity index is 1.45. The van der Waals surface area contributed by atoms with Gasteiger partial charge in [0.05, 0.1) is 12.6 Å². The Kier molecular flexibility index (Phi) is 6.50. The second kappa shape index (κ2) is 8.85. The van der Waals surface area contributed by atoms with E-state index in [1.165, 1.54) is 5.56 Å². The molecule has 2 saturated heterocycles. The molecule has 0 radical (unpaired) electrons. The van der Waals surface area contributed by atoms with Crippen molar-refractivity contribution in [3.63, 3.8) is 0 Å². The Morgan fingerprint density at radius 3 is 2.37 bits per heavy atom. The quantitative estimate of drug-likeness (QED) is 0.857. The summed E-state index contributed by atoms with van der Waals surface area (Å²) >= 11 is 0. The molecule has 0 aromatic heterocycles. The van der Waals surface area contributed by atoms with Crippen LogP contribution >= 0.6 is 0 Å². The van der Waals surface area contributed by atoms with E-state index in [2.05, 4.69) is 28.1 Å². The van der Waals surface area contributed by atoms with Gasteiger partial charge in [-0.05, 0) is 50.8 Å². The van der Waals surface area contributed by atoms with Gasteiger partial charge in [0.1, 0.15) is 0 Å². The van der Waals surface area contributed by atoms with E-state index in [0.29, 0.717) is 6.54 Å². The van der Waals surface area contributed by atoms with Crippen molar-refractivity contribution < 1.29 is 9.59 Å². The lowest BCUT2D eigenvalue weighted by atomic mass is 10.1. The van der Waals surface area contributed by atoms with Gasteiger partial charge in [0.15, 0.2) is 0 Å². The summed E-state index contributed by atoms with van der Waals surface area (Å²) in [6.45, 7) is 11.6. The highest BCUT2D eigenvalue weighted by molar-refractivity contribution is 5.93. The second-order valence-electron chi connectivity index (χ2n) is 7.82. The summed E-state index contributed by atoms with van der Waals surface area (Å²) in [6.07, 6.45) is 2.25. The van der Waals surface area contributed by atoms with Crippen LogP contribution in [0.25, 0.3) is 0 Å². The Morgan fingerprint density at radius 2 is 1.70 bits per heavy atom. The minimum Gasteiger partial charge on any atom is -0.341 e. The van der Waals surface area contributed by atoms with Crippen molar-refractivity contribution in [3.05, 3.63) is 29.3 Å². The molecule has 0 spiro atoms. The molecule has 2 aliphatic rings. The zero-order chi connectivity index (χ0) is 19.4. The van der Waals surface area contributed by atoms with Crippen LogP contribution < -0.4 is 5.32 Å². The first kappa shape index (κ1) is 19.8. The highest BCUT2D eigenvalue weighted by Gasteiger charge is 2.30. The Morgan fingerprint density at radius 1 is 1.04 bits per heavy atom. The largest absolute Gasteiger partial charge is 0.341 e. The van der Waals surface area contributed by atoms with Gasteiger partial charge in [0.25, 0.3) is 0 Å². The van der Waals surface area contributed by atoms with Crippen LogP contribution in [-0.2, 0) is 9.59 Å². The summed E-state index contributed by atoms with van der Waals surface area (Å²) in [5, 5.41) is 3.03. The van der Waals surface area contributed by atoms with Crippen molar-refractivity contribution in [3.8, 4) is 0 Å². The van der Waals surface area contributed by atoms with Gasteiger partial charge in [-0.25, -0.2) is 0 Å². The van der Waals surface area contributed by atoms with Gasteiger partial charge < -0.3 is 10.2 Å². The summed E-state index contributed by atoms with van der Waals surface area (Å²) in [6, 6.07) is 5.91. The predicted molar refractivity (Wildman–Crippen MR) is 108 cm³/mol. The number of nitrogens with zero attached hydrogens (tertiary/aromatic N) is 3. The van der Waals surface area contributed by atoms with Gasteiger partial charge in [-0.3, -0.25) is 19.4 Å². The van der Waals surface area contributed by atoms with E-state index in [-0.39, 0.29) is 17.9 Å². The standard InChI is InChI=1S/C21H32N4O2/c1-16-7-6-8-19(17(16)2)22-20(26)15-23-11-13-24(14-12-23)18(3)21(27)25-9-4-5-10-25/h6-8,18H,4-5,9-15H2,1-3H3,(H,22,26)/t18-/m0/s1. The number of rotatable bonds is 5. The average Bonchev–Trinajstić information content (AvgIpc) is 3.19. The number of likely N-dealkylation sites (tertiary alicyclic amines) is 1. The first-order chi connectivity index (χ1) is 13.0. The zero-order valence-corrected chi connectivity index (χ0v) is 16.8. The lowest BCUT2D eigenvalue weighted by Gasteiger charge is -2.38. The lowest BCUT2D eigenvalue weighted by Crippen LogP contribution is -2.55. The number of amides is 2. The maximum Gasteiger partial charge on any atom is 0.239 e. The van der Waals surface area contributed by atoms with E-state index in [9.17, 15) is 9.59 Å². The third kappa shape index (κ3) is 4.87. The molecule has 2 fully saturated rings. The average molecular weight is 373 g/mol. The molecule has 6 heteroatoms. The SMILES string of the molecule is Cc1cccc(NC(=O)CN2CCN([C@@H](C)C(=O)N3CCCC3)CC2)c1C. The maximum absolute atomic E-state index is 12.6. The van der Waals surface area contributed by atoms with Crippen LogP contribution in [0.5, 0.6) is 0 Å². The van der Waals surface area contributed by atoms with E-state index in [1.54, 1.807) is 0 Å². The Hall–Kier alpha value is -1.92. The van der Waals surface area contributed by atoms with Crippen molar-refractivity contribution in [2.24, 2.45) is 0 Å². The molecule has 27 heavy (non-hydrogen) atoms. The Labute approximate surface area is 162 Å². The molecule has 0 saturated carbocycles. The first-order valence-electron chi connectivity index (χ1n) is 10.1. The minimum absolute atomic E-state index is 0.0262. The van der Waals surface area contributed by atoms with E-state index < -0.39 is 0 Å². The second-order valence-corrected chi connectivity index (χ2v) is 7.82. The topological polar surface area (TPSA) is 55.9 Å². The summed E-state index contributed by atoms with van der Waals surface area (Å²) in [7, 11) is 0. The number of benzene rings is 1. The molecular weight excluding hydrogens is 340 g/mol. The van der Waals surface area contributed by atoms with E-state index >= 15 is 0 Å². The molecule has 148 valence electrons. The monoisotopic (exact) mass is 372 g/mol. The van der Waals surface area contributed by atoms with Crippen LogP contribution in [0.1, 0.15) is 30.9 Å². The lowest BCUT2D eigenvalue weighted by molar-refractivity contribution is -0.136. The summed E-state index contributed by atoms with van der Waals surface area (Å²) in [5.41, 5.74) is 3.19. The highest BCUT2D eigenvalue weighted by Crippen LogP contribution is 2.18. The van der Waals surface area contributed by atoms with Gasteiger partial charge in [-0.1, -0.05) is 12.1 Å². The molecule has 0 aliphatic carbocycles. The van der Waals surface area contributed by atoms with Crippen molar-refractivity contribution in [2.45, 2.75) is 39.7 Å². The van der Waals surface area contributed by atoms with Crippen LogP contribution in [0.15, 0.2) is 18.2 Å². The maximum atomic E-state index is 12.6. The molecular formula is C21H32N4O2. The minimum atomic E-state index is -0.0611. The number of hydrogen-bond acceptors (Lipinski definition) is 4. The van der Waals surface area contributed by atoms with Crippen LogP contribution in [0, 0.1) is 13.8 Å². The molecule has 0 unspecified atom stereocenters. The summed E-state index contributed by atoms with van der Waals surface area (Å²) in [5.74, 6) is 0.284. The van der Waals surface area contributed by atoms with Crippen LogP contribution in [0.3, 0.4) is 0 Å². The van der Waals surface area contributed by atoms with Gasteiger partial charge in [0, 0.05) is 45.0 Å². The molecule has 1 aromatic carbocycles. The molecule has 2 aliphatic heterocycles. The van der Waals surface area contributed by atoms with E-state index in [0.717, 1.165) is 63.4 Å². The van der Waals surface area contributed by atoms with Crippen LogP contribution in [0.2, 0.25) is 0 Å². The number of anilines is 1. The predicted octanol–water partition coefficient (Wildman–Crippen LogP) is 1.87. The molecule has 6 nitrogen and oxygen atoms in total. The van der Waals surface area contributed by atoms with Gasteiger partial charge in [0.2, 0.25) is 11.8 Å². The number of nitrogens with one attached hydrogen (secondary N) is 1. The zero-order valence-electron chi connectivity index (χ0n) is 16.8. The van der Waals surface area contributed by atoms with E-state index in [4.69, 9.17) is 0 Å². The highest BCUT2D eigenvalue weighted by atomic mass is 16.2. The third-order valence-corrected chi connectivity index (χ3v) is 5.98. The number of piperazine rings is 1. The Bertz CT molecular complexity index is 677. The number of hydrogen-bond donors (Lipinski definition) is 1. The number of aryl methyl sites for hydroxylation is 1. The molecule has 1 N–H and O–H groups in total. The fourth-order valence-electron chi connectivity index (χ4n) is 3.95. The van der Waals surface area contributed by atoms with Gasteiger partial charge in [-0.2, -0.15) is 0 Å². The van der Waals surface area contributed by atoms with Crippen molar-refractivity contribution in [1.29, 1.82) is 0 Å². The van der Waals surface area contributed by atoms with Crippen LogP contribution in [0.4, 0.5) is 5.69 Å². The van der Waals surface area contributed by atoms with Crippen molar-refractivity contribution >= 4 is 17.5 Å². The van der Waals surface area contributed by atoms with Crippen LogP contribution in [-0.4, -0.2) is 78.4 Å². The smallest absolute Gasteiger partial charge is 0.239 e. The summed E-state index contributed by atoms with van der Waals surface area (Å²) < 4.78 is 0. The molecule has 3 rings (SSSR count). The fraction of sp³-hybridized carbons (Fsp3) is 0.619. The normalized spacial score (nSPS) is 19.9. The van der Waals surface area contributed by atoms with Crippen molar-refractivity contribution in [2.75, 3.05) is 51.1 Å². The van der Waals surface area contributed by atoms with Gasteiger partial charge >= 0.3 is 0 Å². The summed E-state index contributed by atoms with van der Waals surface area (Å²) in [4.78, 5) is 31.4. The molecule has 1 aromatic rings. The fourth-order valence-corrected chi connectivity index (χ4v) is 3.95. The first-order valence-corrected chi connectivity index (χ1v) is 10.1. The molecule has 1 atom stereocenters. The number of carbonyl (C=O) groups excluding carboxylic acids is 2. The third-order valence-electron chi connectivity index (χ3n) is 5.98. The number of carbonyl (C=O) groups is 2. The van der Waals surface area contributed by atoms with E-state index in [1.807, 2.05) is 30.9 Å².